The summed E-state index contributed by atoms with van der Waals surface area (Å²) >= 11 is 1.36. The summed E-state index contributed by atoms with van der Waals surface area (Å²) in [6, 6.07) is 7.26. The Labute approximate surface area is 175 Å². The molecule has 0 spiro atoms. The fourth-order valence-corrected chi connectivity index (χ4v) is 4.49. The number of nitrogens with zero attached hydrogens (tertiary/aromatic N) is 3. The summed E-state index contributed by atoms with van der Waals surface area (Å²) in [6.07, 6.45) is 1.64. The number of hydrogen-bond acceptors (Lipinski definition) is 7. The van der Waals surface area contributed by atoms with Crippen LogP contribution in [0.25, 0.3) is 32.3 Å². The molecule has 5 rings (SSSR count). The maximum absolute atomic E-state index is 12.7. The van der Waals surface area contributed by atoms with Crippen LogP contribution >= 0.6 is 11.3 Å². The number of carbonyl (C=O) groups excluding carboxylic acids is 1. The van der Waals surface area contributed by atoms with Crippen LogP contribution in [-0.4, -0.2) is 42.0 Å². The van der Waals surface area contributed by atoms with E-state index in [2.05, 4.69) is 16.9 Å². The van der Waals surface area contributed by atoms with Crippen molar-refractivity contribution < 1.29 is 13.9 Å². The molecule has 1 saturated heterocycles. The minimum absolute atomic E-state index is 0.0616. The molecule has 8 heteroatoms. The minimum Gasteiger partial charge on any atom is -0.439 e. The SMILES string of the molecule is CC#CC(=O)n1ncc2ccc(-c3csc4c(=O)cc(N5CCOCC5)oc34)cc21. The number of thiophene rings is 1. The van der Waals surface area contributed by atoms with Crippen LogP contribution < -0.4 is 10.3 Å². The quantitative estimate of drug-likeness (QED) is 0.464. The molecule has 7 nitrogen and oxygen atoms in total. The minimum atomic E-state index is -0.388. The summed E-state index contributed by atoms with van der Waals surface area (Å²) in [5.41, 5.74) is 2.81. The molecular formula is C22H17N3O4S. The van der Waals surface area contributed by atoms with Crippen LogP contribution in [-0.2, 0) is 4.74 Å². The van der Waals surface area contributed by atoms with Crippen LogP contribution in [0.15, 0.2) is 45.1 Å². The molecule has 0 radical (unpaired) electrons. The van der Waals surface area contributed by atoms with Crippen molar-refractivity contribution in [2.24, 2.45) is 0 Å². The number of carbonyl (C=O) groups is 1. The van der Waals surface area contributed by atoms with Gasteiger partial charge in [-0.15, -0.1) is 11.3 Å². The Bertz CT molecular complexity index is 1400. The smallest absolute Gasteiger partial charge is 0.323 e. The standard InChI is InChI=1S/C22H17N3O4S/c1-2-3-19(27)25-17-10-14(4-5-15(17)12-23-25)16-13-30-22-18(26)11-20(29-21(16)22)24-6-8-28-9-7-24/h4-5,10-13H,6-9H2,1H3. The zero-order valence-corrected chi connectivity index (χ0v) is 17.0. The summed E-state index contributed by atoms with van der Waals surface area (Å²) in [7, 11) is 0. The molecule has 0 aliphatic carbocycles. The molecule has 4 heterocycles. The lowest BCUT2D eigenvalue weighted by Gasteiger charge is -2.27. The van der Waals surface area contributed by atoms with Gasteiger partial charge in [-0.05, 0) is 24.5 Å². The van der Waals surface area contributed by atoms with Gasteiger partial charge in [0.15, 0.2) is 11.5 Å². The molecule has 0 N–H and O–H groups in total. The van der Waals surface area contributed by atoms with Gasteiger partial charge in [-0.25, -0.2) is 0 Å². The number of morpholine rings is 1. The molecule has 0 amide bonds. The van der Waals surface area contributed by atoms with E-state index >= 15 is 0 Å². The van der Waals surface area contributed by atoms with Gasteiger partial charge < -0.3 is 14.1 Å². The van der Waals surface area contributed by atoms with E-state index in [9.17, 15) is 9.59 Å². The number of ether oxygens (including phenoxy) is 1. The first kappa shape index (κ1) is 18.6. The summed E-state index contributed by atoms with van der Waals surface area (Å²) in [5.74, 6) is 5.28. The third-order valence-electron chi connectivity index (χ3n) is 5.06. The van der Waals surface area contributed by atoms with Gasteiger partial charge in [0, 0.05) is 35.5 Å². The van der Waals surface area contributed by atoms with Crippen molar-refractivity contribution in [3.63, 3.8) is 0 Å². The first-order chi connectivity index (χ1) is 14.7. The van der Waals surface area contributed by atoms with Crippen LogP contribution in [0.4, 0.5) is 5.88 Å². The highest BCUT2D eigenvalue weighted by atomic mass is 32.1. The highest BCUT2D eigenvalue weighted by molar-refractivity contribution is 7.17. The summed E-state index contributed by atoms with van der Waals surface area (Å²) in [5, 5.41) is 6.91. The molecule has 1 aromatic carbocycles. The van der Waals surface area contributed by atoms with Crippen molar-refractivity contribution in [3.05, 3.63) is 46.1 Å². The van der Waals surface area contributed by atoms with Gasteiger partial charge in [0.2, 0.25) is 5.43 Å². The second kappa shape index (κ2) is 7.44. The van der Waals surface area contributed by atoms with E-state index in [0.29, 0.717) is 48.0 Å². The van der Waals surface area contributed by atoms with Gasteiger partial charge in [0.05, 0.1) is 24.9 Å². The molecule has 0 atom stereocenters. The lowest BCUT2D eigenvalue weighted by molar-refractivity contribution is 0.0970. The van der Waals surface area contributed by atoms with Crippen LogP contribution in [0.1, 0.15) is 11.7 Å². The second-order valence-corrected chi connectivity index (χ2v) is 7.75. The monoisotopic (exact) mass is 419 g/mol. The van der Waals surface area contributed by atoms with Crippen LogP contribution in [0.3, 0.4) is 0 Å². The number of fused-ring (bicyclic) bond motifs is 2. The topological polar surface area (TPSA) is 77.6 Å². The average Bonchev–Trinajstić information content (AvgIpc) is 3.38. The van der Waals surface area contributed by atoms with E-state index in [4.69, 9.17) is 9.15 Å². The van der Waals surface area contributed by atoms with Crippen LogP contribution in [0, 0.1) is 11.8 Å². The lowest BCUT2D eigenvalue weighted by atomic mass is 10.1. The lowest BCUT2D eigenvalue weighted by Crippen LogP contribution is -2.36. The van der Waals surface area contributed by atoms with Crippen molar-refractivity contribution in [1.82, 2.24) is 9.78 Å². The van der Waals surface area contributed by atoms with Gasteiger partial charge >= 0.3 is 5.91 Å². The fraction of sp³-hybridized carbons (Fsp3) is 0.227. The molecule has 30 heavy (non-hydrogen) atoms. The number of aromatic nitrogens is 2. The van der Waals surface area contributed by atoms with Gasteiger partial charge in [0.1, 0.15) is 4.70 Å². The molecule has 3 aromatic heterocycles. The van der Waals surface area contributed by atoms with Crippen molar-refractivity contribution in [2.75, 3.05) is 31.2 Å². The number of anilines is 1. The number of benzene rings is 1. The predicted molar refractivity (Wildman–Crippen MR) is 116 cm³/mol. The van der Waals surface area contributed by atoms with E-state index in [0.717, 1.165) is 16.5 Å². The normalized spacial score (nSPS) is 14.1. The molecule has 0 bridgehead atoms. The maximum Gasteiger partial charge on any atom is 0.323 e. The summed E-state index contributed by atoms with van der Waals surface area (Å²) in [4.78, 5) is 27.0. The zero-order chi connectivity index (χ0) is 20.7. The van der Waals surface area contributed by atoms with Crippen molar-refractivity contribution in [2.45, 2.75) is 6.92 Å². The fourth-order valence-electron chi connectivity index (χ4n) is 3.58. The first-order valence-corrected chi connectivity index (χ1v) is 10.4. The molecule has 4 aromatic rings. The first-order valence-electron chi connectivity index (χ1n) is 9.49. The van der Waals surface area contributed by atoms with E-state index < -0.39 is 0 Å². The van der Waals surface area contributed by atoms with Crippen molar-refractivity contribution in [1.29, 1.82) is 0 Å². The number of hydrogen-bond donors (Lipinski definition) is 0. The third kappa shape index (κ3) is 3.09. The molecule has 1 aliphatic rings. The molecule has 0 unspecified atom stereocenters. The summed E-state index contributed by atoms with van der Waals surface area (Å²) < 4.78 is 13.4. The van der Waals surface area contributed by atoms with Crippen molar-refractivity contribution in [3.8, 4) is 23.0 Å². The van der Waals surface area contributed by atoms with Crippen LogP contribution in [0.2, 0.25) is 0 Å². The van der Waals surface area contributed by atoms with Gasteiger partial charge in [-0.3, -0.25) is 9.59 Å². The van der Waals surface area contributed by atoms with E-state index in [1.54, 1.807) is 19.2 Å². The highest BCUT2D eigenvalue weighted by Crippen LogP contribution is 2.35. The second-order valence-electron chi connectivity index (χ2n) is 6.87. The van der Waals surface area contributed by atoms with E-state index in [1.807, 2.05) is 28.5 Å². The highest BCUT2D eigenvalue weighted by Gasteiger charge is 2.19. The average molecular weight is 419 g/mol. The Hall–Kier alpha value is -3.41. The van der Waals surface area contributed by atoms with Gasteiger partial charge in [0.25, 0.3) is 0 Å². The van der Waals surface area contributed by atoms with E-state index in [1.165, 1.54) is 16.0 Å². The molecular weight excluding hydrogens is 402 g/mol. The van der Waals surface area contributed by atoms with Crippen molar-refractivity contribution >= 4 is 44.3 Å². The zero-order valence-electron chi connectivity index (χ0n) is 16.2. The molecule has 0 saturated carbocycles. The summed E-state index contributed by atoms with van der Waals surface area (Å²) in [6.45, 7) is 4.18. The van der Waals surface area contributed by atoms with Crippen LogP contribution in [0.5, 0.6) is 0 Å². The Balaban J connectivity index is 1.65. The molecule has 1 fully saturated rings. The van der Waals surface area contributed by atoms with E-state index in [-0.39, 0.29) is 11.3 Å². The maximum atomic E-state index is 12.7. The largest absolute Gasteiger partial charge is 0.439 e. The number of rotatable bonds is 2. The Morgan fingerprint density at radius 2 is 2.07 bits per heavy atom. The Morgan fingerprint density at radius 1 is 1.23 bits per heavy atom. The third-order valence-corrected chi connectivity index (χ3v) is 6.04. The van der Waals surface area contributed by atoms with Gasteiger partial charge in [-0.1, -0.05) is 18.1 Å². The molecule has 150 valence electrons. The Morgan fingerprint density at radius 3 is 2.87 bits per heavy atom. The predicted octanol–water partition coefficient (Wildman–Crippen LogP) is 3.37. The Kier molecular flexibility index (Phi) is 4.62. The molecule has 1 aliphatic heterocycles. The van der Waals surface area contributed by atoms with Gasteiger partial charge in [-0.2, -0.15) is 9.78 Å².